The number of aromatic nitrogens is 2. The Hall–Kier alpha value is -4.81. The van der Waals surface area contributed by atoms with Gasteiger partial charge < -0.3 is 9.13 Å². The molecule has 8 rings (SSSR count). The van der Waals surface area contributed by atoms with Crippen LogP contribution in [0.3, 0.4) is 0 Å². The van der Waals surface area contributed by atoms with Crippen LogP contribution in [0.1, 0.15) is 59.3 Å². The van der Waals surface area contributed by atoms with Crippen molar-refractivity contribution in [1.29, 1.82) is 5.26 Å². The smallest absolute Gasteiger partial charge is 0.0918 e. The Morgan fingerprint density at radius 1 is 0.548 bits per heavy atom. The highest BCUT2D eigenvalue weighted by Crippen LogP contribution is 2.37. The van der Waals surface area contributed by atoms with Crippen molar-refractivity contribution in [1.82, 2.24) is 9.13 Å². The van der Waals surface area contributed by atoms with Crippen LogP contribution in [0.5, 0.6) is 0 Å². The Bertz CT molecular complexity index is 1890. The summed E-state index contributed by atoms with van der Waals surface area (Å²) in [5, 5.41) is 12.5. The van der Waals surface area contributed by atoms with Crippen LogP contribution < -0.4 is 0 Å². The maximum atomic E-state index is 9.74. The SMILES string of the molecule is N#CC=C(c1ccc(-n2c3c(c4ccccc42)CCCC3)cc1)c1ccc(-n2c3c(c4ccccc42)CCCC3)cc1. The summed E-state index contributed by atoms with van der Waals surface area (Å²) < 4.78 is 4.91. The lowest BCUT2D eigenvalue weighted by atomic mass is 9.95. The molecule has 0 bridgehead atoms. The summed E-state index contributed by atoms with van der Waals surface area (Å²) in [6, 6.07) is 37.5. The summed E-state index contributed by atoms with van der Waals surface area (Å²) in [5.74, 6) is 0. The van der Waals surface area contributed by atoms with Gasteiger partial charge in [-0.1, -0.05) is 60.7 Å². The fourth-order valence-electron chi connectivity index (χ4n) is 7.56. The van der Waals surface area contributed by atoms with E-state index in [9.17, 15) is 5.26 Å². The predicted octanol–water partition coefficient (Wildman–Crippen LogP) is 9.29. The van der Waals surface area contributed by atoms with Gasteiger partial charge in [-0.05, 0) is 116 Å². The van der Waals surface area contributed by atoms with E-state index in [-0.39, 0.29) is 0 Å². The van der Waals surface area contributed by atoms with E-state index in [1.165, 1.54) is 81.4 Å². The Morgan fingerprint density at radius 2 is 0.976 bits per heavy atom. The molecule has 0 aliphatic heterocycles. The third-order valence-electron chi connectivity index (χ3n) is 9.44. The maximum Gasteiger partial charge on any atom is 0.0918 e. The van der Waals surface area contributed by atoms with Gasteiger partial charge in [0, 0.05) is 39.6 Å². The van der Waals surface area contributed by atoms with Crippen molar-refractivity contribution in [2.45, 2.75) is 51.4 Å². The maximum absolute atomic E-state index is 9.74. The third-order valence-corrected chi connectivity index (χ3v) is 9.44. The predicted molar refractivity (Wildman–Crippen MR) is 173 cm³/mol. The summed E-state index contributed by atoms with van der Waals surface area (Å²) in [6.07, 6.45) is 11.3. The minimum absolute atomic E-state index is 0.953. The molecule has 3 heteroatoms. The standard InChI is InChI=1S/C39H33N3/c40-26-25-31(27-17-21-29(22-18-27)41-36-13-5-1-9-32(36)33-10-2-6-14-37(33)41)28-19-23-30(24-20-28)42-38-15-7-3-11-34(38)35-12-4-8-16-39(35)42/h1,3,5,7,9,11,13,15,17-25H,2,4,6,8,10,12,14,16H2. The van der Waals surface area contributed by atoms with Crippen molar-refractivity contribution in [2.75, 3.05) is 0 Å². The van der Waals surface area contributed by atoms with E-state index in [0.717, 1.165) is 42.4 Å². The average Bonchev–Trinajstić information content (AvgIpc) is 3.57. The lowest BCUT2D eigenvalue weighted by Crippen LogP contribution is -2.07. The number of nitrogens with zero attached hydrogens (tertiary/aromatic N) is 3. The lowest BCUT2D eigenvalue weighted by Gasteiger charge is -2.17. The van der Waals surface area contributed by atoms with Crippen LogP contribution in [-0.2, 0) is 25.7 Å². The van der Waals surface area contributed by atoms with E-state index in [1.54, 1.807) is 6.08 Å². The fourth-order valence-corrected chi connectivity index (χ4v) is 7.56. The molecule has 2 aliphatic carbocycles. The van der Waals surface area contributed by atoms with Crippen molar-refractivity contribution < 1.29 is 0 Å². The summed E-state index contributed by atoms with van der Waals surface area (Å²) >= 11 is 0. The van der Waals surface area contributed by atoms with Crippen LogP contribution in [0.2, 0.25) is 0 Å². The second-order valence-corrected chi connectivity index (χ2v) is 11.8. The molecular formula is C39H33N3. The number of para-hydroxylation sites is 2. The molecule has 0 saturated carbocycles. The largest absolute Gasteiger partial charge is 0.313 e. The van der Waals surface area contributed by atoms with Crippen LogP contribution in [-0.4, -0.2) is 9.13 Å². The minimum atomic E-state index is 0.953. The van der Waals surface area contributed by atoms with E-state index in [4.69, 9.17) is 0 Å². The zero-order valence-corrected chi connectivity index (χ0v) is 23.8. The first kappa shape index (κ1) is 24.9. The molecule has 42 heavy (non-hydrogen) atoms. The van der Waals surface area contributed by atoms with Gasteiger partial charge in [-0.25, -0.2) is 0 Å². The molecule has 0 fully saturated rings. The quantitative estimate of drug-likeness (QED) is 0.204. The molecule has 0 atom stereocenters. The second kappa shape index (κ2) is 10.2. The molecule has 2 aromatic heterocycles. The molecule has 0 saturated heterocycles. The zero-order chi connectivity index (χ0) is 28.0. The first-order valence-corrected chi connectivity index (χ1v) is 15.4. The van der Waals surface area contributed by atoms with Gasteiger partial charge in [0.2, 0.25) is 0 Å². The zero-order valence-electron chi connectivity index (χ0n) is 23.8. The van der Waals surface area contributed by atoms with Gasteiger partial charge in [0.15, 0.2) is 0 Å². The monoisotopic (exact) mass is 543 g/mol. The molecule has 6 aromatic rings. The fraction of sp³-hybridized carbons (Fsp3) is 0.205. The summed E-state index contributed by atoms with van der Waals surface area (Å²) in [4.78, 5) is 0. The summed E-state index contributed by atoms with van der Waals surface area (Å²) in [5.41, 5.74) is 14.0. The molecule has 4 aromatic carbocycles. The summed E-state index contributed by atoms with van der Waals surface area (Å²) in [7, 11) is 0. The van der Waals surface area contributed by atoms with E-state index in [1.807, 2.05) is 0 Å². The van der Waals surface area contributed by atoms with Gasteiger partial charge in [-0.2, -0.15) is 5.26 Å². The van der Waals surface area contributed by atoms with Crippen LogP contribution >= 0.6 is 0 Å². The van der Waals surface area contributed by atoms with Gasteiger partial charge >= 0.3 is 0 Å². The third kappa shape index (κ3) is 3.94. The van der Waals surface area contributed by atoms with E-state index in [2.05, 4.69) is 112 Å². The van der Waals surface area contributed by atoms with E-state index in [0.29, 0.717) is 0 Å². The Morgan fingerprint density at radius 3 is 1.43 bits per heavy atom. The molecule has 204 valence electrons. The van der Waals surface area contributed by atoms with Gasteiger partial charge in [0.1, 0.15) is 0 Å². The van der Waals surface area contributed by atoms with Crippen molar-refractivity contribution >= 4 is 27.4 Å². The molecule has 0 radical (unpaired) electrons. The molecule has 0 N–H and O–H groups in total. The number of benzene rings is 4. The van der Waals surface area contributed by atoms with Gasteiger partial charge in [-0.15, -0.1) is 0 Å². The molecule has 2 heterocycles. The van der Waals surface area contributed by atoms with Crippen molar-refractivity contribution in [3.8, 4) is 17.4 Å². The van der Waals surface area contributed by atoms with Crippen LogP contribution in [0.25, 0.3) is 38.8 Å². The highest BCUT2D eigenvalue weighted by molar-refractivity contribution is 5.89. The second-order valence-electron chi connectivity index (χ2n) is 11.8. The molecule has 0 unspecified atom stereocenters. The number of allylic oxidation sites excluding steroid dienone is 1. The van der Waals surface area contributed by atoms with Crippen LogP contribution in [0.4, 0.5) is 0 Å². The topological polar surface area (TPSA) is 33.6 Å². The minimum Gasteiger partial charge on any atom is -0.313 e. The normalized spacial score (nSPS) is 14.4. The number of aryl methyl sites for hydroxylation is 2. The van der Waals surface area contributed by atoms with Crippen LogP contribution in [0, 0.1) is 11.3 Å². The number of hydrogen-bond acceptors (Lipinski definition) is 1. The van der Waals surface area contributed by atoms with Crippen molar-refractivity contribution in [3.05, 3.63) is 137 Å². The molecule has 0 amide bonds. The van der Waals surface area contributed by atoms with Gasteiger partial charge in [0.05, 0.1) is 17.1 Å². The van der Waals surface area contributed by atoms with Gasteiger partial charge in [0.25, 0.3) is 0 Å². The molecule has 2 aliphatic rings. The Balaban J connectivity index is 1.16. The summed E-state index contributed by atoms with van der Waals surface area (Å²) in [6.45, 7) is 0. The number of hydrogen-bond donors (Lipinski definition) is 0. The Kier molecular flexibility index (Phi) is 6.08. The number of nitriles is 1. The Labute approximate surface area is 247 Å². The number of rotatable bonds is 4. The van der Waals surface area contributed by atoms with E-state index >= 15 is 0 Å². The number of fused-ring (bicyclic) bond motifs is 6. The highest BCUT2D eigenvalue weighted by Gasteiger charge is 2.22. The molecule has 0 spiro atoms. The van der Waals surface area contributed by atoms with Gasteiger partial charge in [-0.3, -0.25) is 0 Å². The van der Waals surface area contributed by atoms with E-state index < -0.39 is 0 Å². The molecule has 3 nitrogen and oxygen atoms in total. The highest BCUT2D eigenvalue weighted by atomic mass is 15.0. The van der Waals surface area contributed by atoms with Crippen molar-refractivity contribution in [2.24, 2.45) is 0 Å². The molecular weight excluding hydrogens is 510 g/mol. The average molecular weight is 544 g/mol. The van der Waals surface area contributed by atoms with Crippen LogP contribution in [0.15, 0.2) is 103 Å². The first-order chi connectivity index (χ1) is 20.8. The first-order valence-electron chi connectivity index (χ1n) is 15.4. The lowest BCUT2D eigenvalue weighted by molar-refractivity contribution is 0.667. The van der Waals surface area contributed by atoms with Crippen molar-refractivity contribution in [3.63, 3.8) is 0 Å².